The molecule has 15 heavy (non-hydrogen) atoms. The number of carboxylic acids is 1. The molecule has 1 saturated carbocycles. The van der Waals surface area contributed by atoms with Crippen LogP contribution in [0.4, 0.5) is 0 Å². The van der Waals surface area contributed by atoms with Crippen molar-refractivity contribution in [3.05, 3.63) is 18.2 Å². The quantitative estimate of drug-likeness (QED) is 0.801. The van der Waals surface area contributed by atoms with E-state index < -0.39 is 5.97 Å². The predicted molar refractivity (Wildman–Crippen MR) is 55.5 cm³/mol. The van der Waals surface area contributed by atoms with Crippen molar-refractivity contribution in [2.24, 2.45) is 5.41 Å². The number of rotatable bonds is 5. The van der Waals surface area contributed by atoms with Gasteiger partial charge in [0, 0.05) is 25.4 Å². The molecule has 0 unspecified atom stereocenters. The van der Waals surface area contributed by atoms with Crippen molar-refractivity contribution in [1.82, 2.24) is 9.55 Å². The van der Waals surface area contributed by atoms with Crippen LogP contribution in [0.3, 0.4) is 0 Å². The fraction of sp³-hybridized carbons (Fsp3) is 0.636. The Kier molecular flexibility index (Phi) is 2.50. The smallest absolute Gasteiger partial charge is 0.303 e. The zero-order chi connectivity index (χ0) is 10.9. The number of hydrogen-bond donors (Lipinski definition) is 1. The molecule has 1 aliphatic carbocycles. The topological polar surface area (TPSA) is 55.1 Å². The molecule has 1 aromatic rings. The minimum absolute atomic E-state index is 0.0104. The van der Waals surface area contributed by atoms with E-state index in [0.29, 0.717) is 0 Å². The Labute approximate surface area is 88.9 Å². The van der Waals surface area contributed by atoms with Gasteiger partial charge < -0.3 is 9.67 Å². The molecule has 0 atom stereocenters. The van der Waals surface area contributed by atoms with Crippen LogP contribution in [0, 0.1) is 5.41 Å². The molecule has 1 fully saturated rings. The van der Waals surface area contributed by atoms with Crippen LogP contribution in [0.15, 0.2) is 12.4 Å². The Hall–Kier alpha value is -1.32. The van der Waals surface area contributed by atoms with Crippen molar-refractivity contribution in [2.45, 2.75) is 39.2 Å². The van der Waals surface area contributed by atoms with Crippen molar-refractivity contribution >= 4 is 5.97 Å². The molecule has 2 rings (SSSR count). The molecule has 1 aromatic heterocycles. The summed E-state index contributed by atoms with van der Waals surface area (Å²) >= 11 is 0. The van der Waals surface area contributed by atoms with Gasteiger partial charge in [-0.05, 0) is 18.3 Å². The molecular weight excluding hydrogens is 192 g/mol. The standard InChI is InChI=1S/C11H16N2O2/c1-2-9-12-5-6-13(9)8-11(3-4-11)7-10(14)15/h5-6H,2-4,7-8H2,1H3,(H,14,15). The van der Waals surface area contributed by atoms with Crippen LogP contribution in [0.2, 0.25) is 0 Å². The maximum atomic E-state index is 10.7. The summed E-state index contributed by atoms with van der Waals surface area (Å²) in [5, 5.41) is 8.82. The van der Waals surface area contributed by atoms with Crippen molar-refractivity contribution in [3.63, 3.8) is 0 Å². The first-order valence-corrected chi connectivity index (χ1v) is 5.37. The van der Waals surface area contributed by atoms with E-state index in [1.165, 1.54) is 0 Å². The molecule has 0 bridgehead atoms. The molecule has 4 nitrogen and oxygen atoms in total. The van der Waals surface area contributed by atoms with Gasteiger partial charge in [-0.1, -0.05) is 6.92 Å². The van der Waals surface area contributed by atoms with E-state index in [2.05, 4.69) is 16.5 Å². The summed E-state index contributed by atoms with van der Waals surface area (Å²) in [6, 6.07) is 0. The van der Waals surface area contributed by atoms with Gasteiger partial charge in [0.2, 0.25) is 0 Å². The first kappa shape index (κ1) is 10.2. The zero-order valence-corrected chi connectivity index (χ0v) is 8.94. The Morgan fingerprint density at radius 3 is 2.93 bits per heavy atom. The number of carbonyl (C=O) groups is 1. The number of hydrogen-bond acceptors (Lipinski definition) is 2. The summed E-state index contributed by atoms with van der Waals surface area (Å²) < 4.78 is 2.09. The molecule has 1 aliphatic rings. The fourth-order valence-corrected chi connectivity index (χ4v) is 2.05. The fourth-order valence-electron chi connectivity index (χ4n) is 2.05. The summed E-state index contributed by atoms with van der Waals surface area (Å²) in [5.41, 5.74) is 0.0104. The molecule has 0 aliphatic heterocycles. The minimum Gasteiger partial charge on any atom is -0.481 e. The largest absolute Gasteiger partial charge is 0.481 e. The van der Waals surface area contributed by atoms with Gasteiger partial charge in [0.1, 0.15) is 5.82 Å². The van der Waals surface area contributed by atoms with Gasteiger partial charge in [-0.15, -0.1) is 0 Å². The van der Waals surface area contributed by atoms with Crippen LogP contribution in [-0.2, 0) is 17.8 Å². The van der Waals surface area contributed by atoms with E-state index in [0.717, 1.165) is 31.6 Å². The third-order valence-corrected chi connectivity index (χ3v) is 3.11. The second-order valence-corrected chi connectivity index (χ2v) is 4.40. The average Bonchev–Trinajstić information content (AvgIpc) is 2.77. The van der Waals surface area contributed by atoms with Crippen LogP contribution in [0.1, 0.15) is 32.0 Å². The van der Waals surface area contributed by atoms with E-state index in [-0.39, 0.29) is 11.8 Å². The van der Waals surface area contributed by atoms with E-state index in [9.17, 15) is 4.79 Å². The van der Waals surface area contributed by atoms with E-state index in [1.807, 2.05) is 6.20 Å². The van der Waals surface area contributed by atoms with Gasteiger partial charge in [-0.2, -0.15) is 0 Å². The highest BCUT2D eigenvalue weighted by Crippen LogP contribution is 2.50. The molecule has 0 spiro atoms. The SMILES string of the molecule is CCc1nccn1CC1(CC(=O)O)CC1. The predicted octanol–water partition coefficient (Wildman–Crippen LogP) is 1.70. The number of carboxylic acid groups (broad SMARTS) is 1. The molecule has 0 radical (unpaired) electrons. The average molecular weight is 208 g/mol. The van der Waals surface area contributed by atoms with Gasteiger partial charge >= 0.3 is 5.97 Å². The number of aliphatic carboxylic acids is 1. The molecule has 82 valence electrons. The molecular formula is C11H16N2O2. The number of aryl methyl sites for hydroxylation is 1. The molecule has 1 N–H and O–H groups in total. The lowest BCUT2D eigenvalue weighted by atomic mass is 10.0. The molecule has 1 heterocycles. The normalized spacial score (nSPS) is 17.7. The summed E-state index contributed by atoms with van der Waals surface area (Å²) in [6.07, 6.45) is 6.97. The van der Waals surface area contributed by atoms with Crippen LogP contribution in [0.5, 0.6) is 0 Å². The van der Waals surface area contributed by atoms with Crippen LogP contribution in [0.25, 0.3) is 0 Å². The first-order chi connectivity index (χ1) is 7.15. The summed E-state index contributed by atoms with van der Waals surface area (Å²) in [6.45, 7) is 2.87. The van der Waals surface area contributed by atoms with Gasteiger partial charge in [0.15, 0.2) is 0 Å². The first-order valence-electron chi connectivity index (χ1n) is 5.37. The van der Waals surface area contributed by atoms with Gasteiger partial charge in [-0.25, -0.2) is 4.98 Å². The van der Waals surface area contributed by atoms with Crippen LogP contribution in [-0.4, -0.2) is 20.6 Å². The second-order valence-electron chi connectivity index (χ2n) is 4.40. The minimum atomic E-state index is -0.689. The third kappa shape index (κ3) is 2.19. The monoisotopic (exact) mass is 208 g/mol. The summed E-state index contributed by atoms with van der Waals surface area (Å²) in [5.74, 6) is 0.359. The number of nitrogens with zero attached hydrogens (tertiary/aromatic N) is 2. The lowest BCUT2D eigenvalue weighted by molar-refractivity contribution is -0.138. The van der Waals surface area contributed by atoms with Crippen molar-refractivity contribution in [1.29, 1.82) is 0 Å². The summed E-state index contributed by atoms with van der Waals surface area (Å²) in [4.78, 5) is 15.0. The summed E-state index contributed by atoms with van der Waals surface area (Å²) in [7, 11) is 0. The Morgan fingerprint density at radius 1 is 1.67 bits per heavy atom. The van der Waals surface area contributed by atoms with Gasteiger partial charge in [-0.3, -0.25) is 4.79 Å². The Morgan fingerprint density at radius 2 is 2.40 bits per heavy atom. The van der Waals surface area contributed by atoms with E-state index in [1.54, 1.807) is 6.20 Å². The highest BCUT2D eigenvalue weighted by Gasteiger charge is 2.44. The molecule has 4 heteroatoms. The van der Waals surface area contributed by atoms with E-state index in [4.69, 9.17) is 5.11 Å². The lowest BCUT2D eigenvalue weighted by Gasteiger charge is -2.14. The van der Waals surface area contributed by atoms with Crippen molar-refractivity contribution < 1.29 is 9.90 Å². The maximum Gasteiger partial charge on any atom is 0.303 e. The second kappa shape index (κ2) is 3.68. The van der Waals surface area contributed by atoms with Crippen LogP contribution >= 0.6 is 0 Å². The lowest BCUT2D eigenvalue weighted by Crippen LogP contribution is -2.17. The number of imidazole rings is 1. The van der Waals surface area contributed by atoms with Gasteiger partial charge in [0.25, 0.3) is 0 Å². The number of aromatic nitrogens is 2. The highest BCUT2D eigenvalue weighted by atomic mass is 16.4. The zero-order valence-electron chi connectivity index (χ0n) is 8.94. The van der Waals surface area contributed by atoms with Gasteiger partial charge in [0.05, 0.1) is 6.42 Å². The molecule has 0 saturated heterocycles. The Bertz CT molecular complexity index is 366. The maximum absolute atomic E-state index is 10.7. The molecule has 0 aromatic carbocycles. The molecule has 0 amide bonds. The highest BCUT2D eigenvalue weighted by molar-refractivity contribution is 5.68. The van der Waals surface area contributed by atoms with Crippen LogP contribution < -0.4 is 0 Å². The third-order valence-electron chi connectivity index (χ3n) is 3.11. The van der Waals surface area contributed by atoms with Crippen molar-refractivity contribution in [2.75, 3.05) is 0 Å². The van der Waals surface area contributed by atoms with E-state index >= 15 is 0 Å². The Balaban J connectivity index is 2.05. The van der Waals surface area contributed by atoms with Crippen molar-refractivity contribution in [3.8, 4) is 0 Å².